The summed E-state index contributed by atoms with van der Waals surface area (Å²) in [6, 6.07) is 10.0. The summed E-state index contributed by atoms with van der Waals surface area (Å²) >= 11 is 0. The number of aromatic nitrogens is 4. The second kappa shape index (κ2) is 5.75. The van der Waals surface area contributed by atoms with Crippen molar-refractivity contribution in [3.05, 3.63) is 42.2 Å². The largest absolute Gasteiger partial charge is 0.492 e. The molecule has 9 heteroatoms. The van der Waals surface area contributed by atoms with E-state index in [2.05, 4.69) is 20.6 Å². The molecule has 0 bridgehead atoms. The van der Waals surface area contributed by atoms with Crippen molar-refractivity contribution in [2.24, 2.45) is 0 Å². The van der Waals surface area contributed by atoms with Gasteiger partial charge in [-0.05, 0) is 31.2 Å². The zero-order chi connectivity index (χ0) is 16.4. The second-order valence-electron chi connectivity index (χ2n) is 4.56. The van der Waals surface area contributed by atoms with Crippen LogP contribution in [0.5, 0.6) is 5.75 Å². The maximum atomic E-state index is 12.9. The van der Waals surface area contributed by atoms with E-state index in [0.29, 0.717) is 22.6 Å². The molecule has 0 spiro atoms. The highest BCUT2D eigenvalue weighted by Crippen LogP contribution is 2.29. The maximum absolute atomic E-state index is 12.9. The van der Waals surface area contributed by atoms with Gasteiger partial charge in [0, 0.05) is 0 Å². The summed E-state index contributed by atoms with van der Waals surface area (Å²) in [5.74, 6) is -0.374. The van der Waals surface area contributed by atoms with Crippen LogP contribution in [0, 0.1) is 0 Å². The molecule has 0 atom stereocenters. The maximum Gasteiger partial charge on any atom is 0.453 e. The fourth-order valence-corrected chi connectivity index (χ4v) is 2.02. The quantitative estimate of drug-likeness (QED) is 0.798. The number of alkyl halides is 3. The number of ether oxygens (including phenoxy) is 1. The summed E-state index contributed by atoms with van der Waals surface area (Å²) in [5.41, 5.74) is 0.615. The molecule has 120 valence electrons. The van der Waals surface area contributed by atoms with E-state index < -0.39 is 12.0 Å². The topological polar surface area (TPSA) is 64.3 Å². The first kappa shape index (κ1) is 15.1. The molecule has 0 saturated heterocycles. The summed E-state index contributed by atoms with van der Waals surface area (Å²) < 4.78 is 44.7. The number of hydrogen-bond donors (Lipinski definition) is 1. The summed E-state index contributed by atoms with van der Waals surface area (Å²) in [4.78, 5) is 0. The molecule has 2 aromatic heterocycles. The summed E-state index contributed by atoms with van der Waals surface area (Å²) in [6.45, 7) is 2.31. The van der Waals surface area contributed by atoms with Gasteiger partial charge in [-0.1, -0.05) is 12.1 Å². The third-order valence-corrected chi connectivity index (χ3v) is 2.97. The Morgan fingerprint density at radius 2 is 1.91 bits per heavy atom. The van der Waals surface area contributed by atoms with Gasteiger partial charge in [-0.15, -0.1) is 15.3 Å². The van der Waals surface area contributed by atoms with Crippen molar-refractivity contribution in [2.75, 3.05) is 11.9 Å². The van der Waals surface area contributed by atoms with Crippen LogP contribution in [0.1, 0.15) is 12.7 Å². The number of anilines is 2. The zero-order valence-corrected chi connectivity index (χ0v) is 12.0. The van der Waals surface area contributed by atoms with Crippen LogP contribution in [-0.4, -0.2) is 26.4 Å². The Balaban J connectivity index is 1.98. The molecule has 0 aliphatic rings. The molecule has 0 unspecified atom stereocenters. The number of halogens is 3. The highest BCUT2D eigenvalue weighted by atomic mass is 19.4. The van der Waals surface area contributed by atoms with E-state index in [4.69, 9.17) is 4.74 Å². The van der Waals surface area contributed by atoms with Gasteiger partial charge in [0.15, 0.2) is 11.5 Å². The monoisotopic (exact) mass is 323 g/mol. The van der Waals surface area contributed by atoms with E-state index >= 15 is 0 Å². The van der Waals surface area contributed by atoms with E-state index in [1.807, 2.05) is 6.92 Å². The number of nitrogens with one attached hydrogen (secondary N) is 1. The van der Waals surface area contributed by atoms with E-state index in [1.54, 1.807) is 24.3 Å². The molecule has 0 aliphatic carbocycles. The summed E-state index contributed by atoms with van der Waals surface area (Å²) in [5, 5.41) is 13.4. The molecule has 23 heavy (non-hydrogen) atoms. The van der Waals surface area contributed by atoms with Crippen molar-refractivity contribution < 1.29 is 17.9 Å². The Morgan fingerprint density at radius 1 is 1.13 bits per heavy atom. The van der Waals surface area contributed by atoms with E-state index in [0.717, 1.165) is 0 Å². The molecule has 6 nitrogen and oxygen atoms in total. The first-order valence-electron chi connectivity index (χ1n) is 6.77. The average Bonchev–Trinajstić information content (AvgIpc) is 2.93. The van der Waals surface area contributed by atoms with Gasteiger partial charge in [0.2, 0.25) is 0 Å². The number of rotatable bonds is 4. The third-order valence-electron chi connectivity index (χ3n) is 2.97. The highest BCUT2D eigenvalue weighted by molar-refractivity contribution is 5.64. The molecule has 0 saturated carbocycles. The molecule has 3 aromatic rings. The summed E-state index contributed by atoms with van der Waals surface area (Å²) in [6.07, 6.45) is -4.63. The summed E-state index contributed by atoms with van der Waals surface area (Å²) in [7, 11) is 0. The SMILES string of the molecule is CCOc1ccccc1Nc1ccc2nnc(C(F)(F)F)n2n1. The highest BCUT2D eigenvalue weighted by Gasteiger charge is 2.37. The van der Waals surface area contributed by atoms with E-state index in [9.17, 15) is 13.2 Å². The van der Waals surface area contributed by atoms with Crippen LogP contribution in [0.3, 0.4) is 0 Å². The van der Waals surface area contributed by atoms with Gasteiger partial charge in [0.1, 0.15) is 5.75 Å². The average molecular weight is 323 g/mol. The normalized spacial score (nSPS) is 11.7. The first-order chi connectivity index (χ1) is 11.0. The minimum atomic E-state index is -4.63. The van der Waals surface area contributed by atoms with Crippen LogP contribution in [0.2, 0.25) is 0 Å². The number of para-hydroxylation sites is 2. The minimum Gasteiger partial charge on any atom is -0.492 e. The molecule has 0 amide bonds. The Morgan fingerprint density at radius 3 is 2.65 bits per heavy atom. The van der Waals surface area contributed by atoms with Crippen molar-refractivity contribution in [3.63, 3.8) is 0 Å². The fourth-order valence-electron chi connectivity index (χ4n) is 2.02. The predicted octanol–water partition coefficient (Wildman–Crippen LogP) is 3.29. The van der Waals surface area contributed by atoms with Crippen molar-refractivity contribution in [1.29, 1.82) is 0 Å². The Kier molecular flexibility index (Phi) is 3.77. The minimum absolute atomic E-state index is 0.0148. The lowest BCUT2D eigenvalue weighted by atomic mass is 10.3. The van der Waals surface area contributed by atoms with Crippen LogP contribution in [0.15, 0.2) is 36.4 Å². The van der Waals surface area contributed by atoms with Gasteiger partial charge in [0.05, 0.1) is 12.3 Å². The van der Waals surface area contributed by atoms with Gasteiger partial charge in [0.25, 0.3) is 5.82 Å². The Labute approximate surface area is 128 Å². The molecule has 1 aromatic carbocycles. The van der Waals surface area contributed by atoms with Crippen LogP contribution >= 0.6 is 0 Å². The number of hydrogen-bond acceptors (Lipinski definition) is 5. The Hall–Kier alpha value is -2.84. The van der Waals surface area contributed by atoms with Crippen molar-refractivity contribution >= 4 is 17.2 Å². The number of nitrogens with zero attached hydrogens (tertiary/aromatic N) is 4. The molecule has 0 fully saturated rings. The lowest BCUT2D eigenvalue weighted by Crippen LogP contribution is -2.13. The lowest BCUT2D eigenvalue weighted by Gasteiger charge is -2.11. The fraction of sp³-hybridized carbons (Fsp3) is 0.214. The van der Waals surface area contributed by atoms with Crippen molar-refractivity contribution in [1.82, 2.24) is 19.8 Å². The number of fused-ring (bicyclic) bond motifs is 1. The molecule has 1 N–H and O–H groups in total. The van der Waals surface area contributed by atoms with E-state index in [-0.39, 0.29) is 11.5 Å². The van der Waals surface area contributed by atoms with Gasteiger partial charge in [-0.25, -0.2) is 0 Å². The molecule has 0 aliphatic heterocycles. The van der Waals surface area contributed by atoms with Gasteiger partial charge < -0.3 is 10.1 Å². The third kappa shape index (κ3) is 3.03. The molecular weight excluding hydrogens is 311 g/mol. The van der Waals surface area contributed by atoms with Crippen LogP contribution in [0.25, 0.3) is 5.65 Å². The predicted molar refractivity (Wildman–Crippen MR) is 76.7 cm³/mol. The zero-order valence-electron chi connectivity index (χ0n) is 12.0. The molecule has 2 heterocycles. The van der Waals surface area contributed by atoms with Crippen LogP contribution in [0.4, 0.5) is 24.7 Å². The van der Waals surface area contributed by atoms with Crippen molar-refractivity contribution in [3.8, 4) is 5.75 Å². The molecular formula is C14H12F3N5O. The lowest BCUT2D eigenvalue weighted by molar-refractivity contribution is -0.146. The molecule has 3 rings (SSSR count). The van der Waals surface area contributed by atoms with Gasteiger partial charge in [-0.2, -0.15) is 17.7 Å². The standard InChI is InChI=1S/C14H12F3N5O/c1-2-23-10-6-4-3-5-9(10)18-11-7-8-12-19-20-13(14(15,16)17)22(12)21-11/h3-8H,2H2,1H3,(H,18,21). The van der Waals surface area contributed by atoms with E-state index in [1.165, 1.54) is 12.1 Å². The van der Waals surface area contributed by atoms with Gasteiger partial charge >= 0.3 is 6.18 Å². The number of benzene rings is 1. The van der Waals surface area contributed by atoms with Crippen LogP contribution < -0.4 is 10.1 Å². The second-order valence-corrected chi connectivity index (χ2v) is 4.56. The van der Waals surface area contributed by atoms with Crippen LogP contribution in [-0.2, 0) is 6.18 Å². The smallest absolute Gasteiger partial charge is 0.453 e. The van der Waals surface area contributed by atoms with Crippen molar-refractivity contribution in [2.45, 2.75) is 13.1 Å². The molecule has 0 radical (unpaired) electrons. The first-order valence-corrected chi connectivity index (χ1v) is 6.77. The Bertz CT molecular complexity index is 831. The van der Waals surface area contributed by atoms with Gasteiger partial charge in [-0.3, -0.25) is 0 Å².